The molecule has 0 atom stereocenters. The summed E-state index contributed by atoms with van der Waals surface area (Å²) >= 11 is 0. The Morgan fingerprint density at radius 3 is 2.23 bits per heavy atom. The molecule has 3 heterocycles. The zero-order chi connectivity index (χ0) is 27.7. The molecule has 1 aliphatic rings. The van der Waals surface area contributed by atoms with Gasteiger partial charge in [-0.15, -0.1) is 0 Å². The van der Waals surface area contributed by atoms with Crippen LogP contribution in [0.2, 0.25) is 0 Å². The van der Waals surface area contributed by atoms with E-state index >= 15 is 0 Å². The van der Waals surface area contributed by atoms with Crippen LogP contribution in [0.3, 0.4) is 0 Å². The van der Waals surface area contributed by atoms with Gasteiger partial charge in [0.05, 0.1) is 13.7 Å². The zero-order valence-electron chi connectivity index (χ0n) is 20.9. The summed E-state index contributed by atoms with van der Waals surface area (Å²) in [5, 5.41) is 0.305. The number of piperazine rings is 1. The molecule has 2 N–H and O–H groups in total. The highest BCUT2D eigenvalue weighted by atomic mass is 19.4. The molecule has 9 nitrogen and oxygen atoms in total. The number of benzene rings is 2. The molecule has 202 valence electrons. The maximum atomic E-state index is 13.4. The lowest BCUT2D eigenvalue weighted by atomic mass is 10.1. The highest BCUT2D eigenvalue weighted by molar-refractivity contribution is 5.98. The van der Waals surface area contributed by atoms with Gasteiger partial charge in [-0.2, -0.15) is 13.2 Å². The van der Waals surface area contributed by atoms with Crippen molar-refractivity contribution >= 4 is 22.7 Å². The quantitative estimate of drug-likeness (QED) is 0.408. The lowest BCUT2D eigenvalue weighted by Crippen LogP contribution is -2.50. The van der Waals surface area contributed by atoms with E-state index in [1.165, 1.54) is 19.2 Å². The summed E-state index contributed by atoms with van der Waals surface area (Å²) in [5.41, 5.74) is 5.68. The molecule has 1 aliphatic heterocycles. The second-order valence-electron chi connectivity index (χ2n) is 8.85. The van der Waals surface area contributed by atoms with Gasteiger partial charge in [0, 0.05) is 42.7 Å². The fraction of sp³-hybridized carbons (Fsp3) is 0.259. The van der Waals surface area contributed by atoms with Crippen LogP contribution >= 0.6 is 0 Å². The fourth-order valence-electron chi connectivity index (χ4n) is 4.50. The third-order valence-electron chi connectivity index (χ3n) is 6.52. The molecule has 4 aromatic rings. The number of fused-ring (bicyclic) bond motifs is 1. The van der Waals surface area contributed by atoms with Gasteiger partial charge < -0.3 is 24.7 Å². The van der Waals surface area contributed by atoms with E-state index in [4.69, 9.17) is 14.9 Å². The van der Waals surface area contributed by atoms with Crippen LogP contribution in [0.4, 0.5) is 13.2 Å². The number of hydrogen-bond acceptors (Lipinski definition) is 7. The highest BCUT2D eigenvalue weighted by Crippen LogP contribution is 2.37. The predicted octanol–water partition coefficient (Wildman–Crippen LogP) is 3.97. The summed E-state index contributed by atoms with van der Waals surface area (Å²) in [4.78, 5) is 37.5. The highest BCUT2D eigenvalue weighted by Gasteiger charge is 2.34. The van der Waals surface area contributed by atoms with Crippen molar-refractivity contribution in [3.05, 3.63) is 77.3 Å². The summed E-state index contributed by atoms with van der Waals surface area (Å²) < 4.78 is 50.9. The maximum Gasteiger partial charge on any atom is 0.433 e. The first-order valence-electron chi connectivity index (χ1n) is 12.1. The van der Waals surface area contributed by atoms with Crippen LogP contribution in [0, 0.1) is 0 Å². The number of alkyl halides is 3. The topological polar surface area (TPSA) is 115 Å². The van der Waals surface area contributed by atoms with E-state index in [9.17, 15) is 22.8 Å². The Hall–Kier alpha value is -4.45. The fourth-order valence-corrected chi connectivity index (χ4v) is 4.50. The van der Waals surface area contributed by atoms with Crippen molar-refractivity contribution in [1.29, 1.82) is 0 Å². The molecule has 5 rings (SSSR count). The van der Waals surface area contributed by atoms with Gasteiger partial charge >= 0.3 is 6.18 Å². The first-order chi connectivity index (χ1) is 18.7. The van der Waals surface area contributed by atoms with Crippen molar-refractivity contribution in [3.63, 3.8) is 0 Å². The number of nitrogens with two attached hydrogens (primary N) is 1. The summed E-state index contributed by atoms with van der Waals surface area (Å²) in [6, 6.07) is 14.1. The van der Waals surface area contributed by atoms with E-state index in [1.807, 2.05) is 6.07 Å². The summed E-state index contributed by atoms with van der Waals surface area (Å²) in [5.74, 6) is -0.215. The molecule has 0 saturated carbocycles. The van der Waals surface area contributed by atoms with Crippen LogP contribution < -0.4 is 10.5 Å². The Bertz CT molecular complexity index is 1530. The summed E-state index contributed by atoms with van der Waals surface area (Å²) in [6.07, 6.45) is -4.64. The number of carbonyl (C=O) groups excluding carboxylic acids is 2. The van der Waals surface area contributed by atoms with Gasteiger partial charge in [-0.25, -0.2) is 9.97 Å². The smallest absolute Gasteiger partial charge is 0.433 e. The molecule has 0 bridgehead atoms. The lowest BCUT2D eigenvalue weighted by Gasteiger charge is -2.34. The number of oxazole rings is 1. The van der Waals surface area contributed by atoms with Crippen molar-refractivity contribution < 1.29 is 31.9 Å². The van der Waals surface area contributed by atoms with Crippen molar-refractivity contribution in [2.75, 3.05) is 33.3 Å². The molecule has 0 aliphatic carbocycles. The van der Waals surface area contributed by atoms with E-state index in [0.29, 0.717) is 42.7 Å². The summed E-state index contributed by atoms with van der Waals surface area (Å²) in [7, 11) is 1.33. The van der Waals surface area contributed by atoms with Crippen molar-refractivity contribution in [2.24, 2.45) is 5.73 Å². The van der Waals surface area contributed by atoms with Gasteiger partial charge in [-0.1, -0.05) is 18.2 Å². The Morgan fingerprint density at radius 2 is 1.62 bits per heavy atom. The van der Waals surface area contributed by atoms with Crippen LogP contribution in [0.5, 0.6) is 5.75 Å². The lowest BCUT2D eigenvalue weighted by molar-refractivity contribution is -0.140. The number of hydrogen-bond donors (Lipinski definition) is 1. The normalized spacial score (nSPS) is 14.1. The number of ether oxygens (including phenoxy) is 1. The Kier molecular flexibility index (Phi) is 6.96. The molecule has 0 radical (unpaired) electrons. The first-order valence-corrected chi connectivity index (χ1v) is 12.1. The van der Waals surface area contributed by atoms with E-state index in [-0.39, 0.29) is 41.1 Å². The van der Waals surface area contributed by atoms with Gasteiger partial charge in [0.1, 0.15) is 17.0 Å². The number of amides is 2. The van der Waals surface area contributed by atoms with Gasteiger partial charge in [0.2, 0.25) is 5.89 Å². The molecular formula is C27H24F3N5O4. The molecule has 1 fully saturated rings. The number of halogens is 3. The minimum absolute atomic E-state index is 0.0131. The number of carbonyl (C=O) groups is 2. The van der Waals surface area contributed by atoms with E-state index in [0.717, 1.165) is 6.07 Å². The third kappa shape index (κ3) is 5.02. The average Bonchev–Trinajstić information content (AvgIpc) is 3.40. The van der Waals surface area contributed by atoms with Crippen molar-refractivity contribution in [3.8, 4) is 17.2 Å². The van der Waals surface area contributed by atoms with Gasteiger partial charge in [-0.05, 0) is 36.4 Å². The molecule has 12 heteroatoms. The van der Waals surface area contributed by atoms with Gasteiger partial charge in [0.25, 0.3) is 11.8 Å². The van der Waals surface area contributed by atoms with E-state index < -0.39 is 17.8 Å². The van der Waals surface area contributed by atoms with E-state index in [1.54, 1.807) is 40.1 Å². The molecular weight excluding hydrogens is 515 g/mol. The van der Waals surface area contributed by atoms with Crippen LogP contribution in [-0.2, 0) is 12.7 Å². The SMILES string of the molecule is COc1ccc(-c2nc(C(=O)N3CCN(C(=O)c4ccccc4)CC3)c(CN)o2)c2ccc(C(F)(F)F)nc12. The molecule has 2 aromatic carbocycles. The molecule has 0 spiro atoms. The first kappa shape index (κ1) is 26.2. The molecule has 2 amide bonds. The summed E-state index contributed by atoms with van der Waals surface area (Å²) in [6.45, 7) is 1.15. The Labute approximate surface area is 221 Å². The van der Waals surface area contributed by atoms with Crippen LogP contribution in [0.1, 0.15) is 32.3 Å². The standard InChI is InChI=1S/C27H24F3N5O4/c1-38-19-9-7-18(17-8-10-21(27(28,29)30)32-22(17)19)24-33-23(20(15-31)39-24)26(37)35-13-11-34(12-14-35)25(36)16-5-3-2-4-6-16/h2-10H,11-15,31H2,1H3. The third-order valence-corrected chi connectivity index (χ3v) is 6.52. The van der Waals surface area contributed by atoms with Crippen molar-refractivity contribution in [2.45, 2.75) is 12.7 Å². The van der Waals surface area contributed by atoms with Gasteiger partial charge in [-0.3, -0.25) is 9.59 Å². The monoisotopic (exact) mass is 539 g/mol. The molecule has 2 aromatic heterocycles. The number of rotatable bonds is 5. The number of nitrogens with zero attached hydrogens (tertiary/aromatic N) is 4. The average molecular weight is 540 g/mol. The Morgan fingerprint density at radius 1 is 0.949 bits per heavy atom. The van der Waals surface area contributed by atoms with Crippen LogP contribution in [0.15, 0.2) is 59.0 Å². The maximum absolute atomic E-state index is 13.4. The Balaban J connectivity index is 1.41. The predicted molar refractivity (Wildman–Crippen MR) is 135 cm³/mol. The van der Waals surface area contributed by atoms with Crippen LogP contribution in [0.25, 0.3) is 22.4 Å². The van der Waals surface area contributed by atoms with Crippen LogP contribution in [-0.4, -0.2) is 64.9 Å². The minimum Gasteiger partial charge on any atom is -0.494 e. The number of pyridine rings is 1. The van der Waals surface area contributed by atoms with Crippen molar-refractivity contribution in [1.82, 2.24) is 19.8 Å². The zero-order valence-corrected chi connectivity index (χ0v) is 20.9. The van der Waals surface area contributed by atoms with Gasteiger partial charge in [0.15, 0.2) is 11.5 Å². The number of methoxy groups -OCH3 is 1. The largest absolute Gasteiger partial charge is 0.494 e. The second kappa shape index (κ2) is 10.4. The molecule has 0 unspecified atom stereocenters. The number of aromatic nitrogens is 2. The minimum atomic E-state index is -4.64. The molecule has 1 saturated heterocycles. The molecule has 39 heavy (non-hydrogen) atoms. The van der Waals surface area contributed by atoms with E-state index in [2.05, 4.69) is 9.97 Å². The second-order valence-corrected chi connectivity index (χ2v) is 8.85.